The van der Waals surface area contributed by atoms with E-state index in [0.29, 0.717) is 5.92 Å². The van der Waals surface area contributed by atoms with Crippen molar-refractivity contribution in [1.29, 1.82) is 0 Å². The van der Waals surface area contributed by atoms with Crippen LogP contribution in [0.1, 0.15) is 30.4 Å². The number of nitrogens with two attached hydrogens (primary N) is 1. The van der Waals surface area contributed by atoms with Crippen LogP contribution in [0.5, 0.6) is 0 Å². The first-order chi connectivity index (χ1) is 9.20. The second-order valence-electron chi connectivity index (χ2n) is 5.76. The molecule has 0 saturated carbocycles. The zero-order chi connectivity index (χ0) is 13.7. The normalized spacial score (nSPS) is 19.5. The summed E-state index contributed by atoms with van der Waals surface area (Å²) in [5.74, 6) is 0.564. The lowest BCUT2D eigenvalue weighted by atomic mass is 9.93. The van der Waals surface area contributed by atoms with E-state index in [1.807, 2.05) is 0 Å². The third-order valence-electron chi connectivity index (χ3n) is 4.18. The van der Waals surface area contributed by atoms with Gasteiger partial charge in [-0.15, -0.1) is 0 Å². The molecule has 3 nitrogen and oxygen atoms in total. The molecule has 0 bridgehead atoms. The van der Waals surface area contributed by atoms with Gasteiger partial charge in [-0.25, -0.2) is 0 Å². The fourth-order valence-corrected chi connectivity index (χ4v) is 2.81. The fourth-order valence-electron chi connectivity index (χ4n) is 2.81. The quantitative estimate of drug-likeness (QED) is 0.878. The highest BCUT2D eigenvalue weighted by Crippen LogP contribution is 2.23. The van der Waals surface area contributed by atoms with E-state index >= 15 is 0 Å². The highest BCUT2D eigenvalue weighted by Gasteiger charge is 2.16. The van der Waals surface area contributed by atoms with Gasteiger partial charge < -0.3 is 10.6 Å². The molecular weight excluding hydrogens is 234 g/mol. The molecule has 3 heteroatoms. The summed E-state index contributed by atoms with van der Waals surface area (Å²) in [4.78, 5) is 4.97. The summed E-state index contributed by atoms with van der Waals surface area (Å²) in [6, 6.07) is 8.85. The van der Waals surface area contributed by atoms with Crippen molar-refractivity contribution in [3.63, 3.8) is 0 Å². The summed E-state index contributed by atoms with van der Waals surface area (Å²) in [7, 11) is 2.20. The van der Waals surface area contributed by atoms with Crippen molar-refractivity contribution in [2.24, 2.45) is 5.73 Å². The van der Waals surface area contributed by atoms with E-state index in [0.717, 1.165) is 19.5 Å². The van der Waals surface area contributed by atoms with Crippen LogP contribution in [0.4, 0.5) is 0 Å². The smallest absolute Gasteiger partial charge is 0.0237 e. The number of piperazine rings is 1. The van der Waals surface area contributed by atoms with Crippen molar-refractivity contribution >= 4 is 0 Å². The molecule has 1 aliphatic rings. The van der Waals surface area contributed by atoms with Gasteiger partial charge in [-0.2, -0.15) is 0 Å². The van der Waals surface area contributed by atoms with Gasteiger partial charge in [0.15, 0.2) is 0 Å². The highest BCUT2D eigenvalue weighted by atomic mass is 15.2. The standard InChI is InChI=1S/C16H27N3/c1-14(7-8-17)16-6-4-3-5-15(16)13-19-11-9-18(2)10-12-19/h3-6,14H,7-13,17H2,1-2H3. The monoisotopic (exact) mass is 261 g/mol. The summed E-state index contributed by atoms with van der Waals surface area (Å²) < 4.78 is 0. The molecule has 0 radical (unpaired) electrons. The Kier molecular flexibility index (Phi) is 5.37. The largest absolute Gasteiger partial charge is 0.330 e. The minimum atomic E-state index is 0.564. The Labute approximate surface area is 117 Å². The minimum Gasteiger partial charge on any atom is -0.330 e. The topological polar surface area (TPSA) is 32.5 Å². The van der Waals surface area contributed by atoms with Gasteiger partial charge >= 0.3 is 0 Å². The van der Waals surface area contributed by atoms with Crippen LogP contribution in [0.2, 0.25) is 0 Å². The zero-order valence-electron chi connectivity index (χ0n) is 12.3. The third kappa shape index (κ3) is 4.03. The molecule has 0 aliphatic carbocycles. The molecule has 1 aromatic carbocycles. The van der Waals surface area contributed by atoms with Crippen LogP contribution >= 0.6 is 0 Å². The van der Waals surface area contributed by atoms with Crippen LogP contribution in [0, 0.1) is 0 Å². The predicted molar refractivity (Wildman–Crippen MR) is 81.3 cm³/mol. The van der Waals surface area contributed by atoms with Crippen LogP contribution in [-0.2, 0) is 6.54 Å². The second kappa shape index (κ2) is 7.04. The van der Waals surface area contributed by atoms with Crippen molar-refractivity contribution in [1.82, 2.24) is 9.80 Å². The van der Waals surface area contributed by atoms with Crippen LogP contribution < -0.4 is 5.73 Å². The Hall–Kier alpha value is -0.900. The van der Waals surface area contributed by atoms with Gasteiger partial charge in [0, 0.05) is 32.7 Å². The summed E-state index contributed by atoms with van der Waals surface area (Å²) >= 11 is 0. The van der Waals surface area contributed by atoms with Crippen molar-refractivity contribution in [3.05, 3.63) is 35.4 Å². The van der Waals surface area contributed by atoms with Crippen molar-refractivity contribution < 1.29 is 0 Å². The van der Waals surface area contributed by atoms with Crippen molar-refractivity contribution in [3.8, 4) is 0 Å². The van der Waals surface area contributed by atoms with E-state index in [1.165, 1.54) is 37.3 Å². The molecule has 19 heavy (non-hydrogen) atoms. The highest BCUT2D eigenvalue weighted by molar-refractivity contribution is 5.30. The molecule has 1 aromatic rings. The molecule has 1 saturated heterocycles. The average Bonchev–Trinajstić information content (AvgIpc) is 2.42. The lowest BCUT2D eigenvalue weighted by Crippen LogP contribution is -2.44. The molecule has 1 aliphatic heterocycles. The lowest BCUT2D eigenvalue weighted by molar-refractivity contribution is 0.148. The Bertz CT molecular complexity index is 383. The van der Waals surface area contributed by atoms with E-state index < -0.39 is 0 Å². The first-order valence-corrected chi connectivity index (χ1v) is 7.39. The van der Waals surface area contributed by atoms with Gasteiger partial charge in [0.2, 0.25) is 0 Å². The Morgan fingerprint density at radius 3 is 2.53 bits per heavy atom. The van der Waals surface area contributed by atoms with E-state index in [4.69, 9.17) is 5.73 Å². The SMILES string of the molecule is CC(CCN)c1ccccc1CN1CCN(C)CC1. The number of likely N-dealkylation sites (N-methyl/N-ethyl adjacent to an activating group) is 1. The minimum absolute atomic E-state index is 0.564. The Morgan fingerprint density at radius 1 is 1.16 bits per heavy atom. The van der Waals surface area contributed by atoms with Gasteiger partial charge in [-0.3, -0.25) is 4.90 Å². The number of rotatable bonds is 5. The number of hydrogen-bond donors (Lipinski definition) is 1. The maximum absolute atomic E-state index is 5.70. The predicted octanol–water partition coefficient (Wildman–Crippen LogP) is 1.89. The molecule has 2 rings (SSSR count). The third-order valence-corrected chi connectivity index (χ3v) is 4.18. The van der Waals surface area contributed by atoms with E-state index in [9.17, 15) is 0 Å². The van der Waals surface area contributed by atoms with Crippen LogP contribution in [0.15, 0.2) is 24.3 Å². The van der Waals surface area contributed by atoms with E-state index in [-0.39, 0.29) is 0 Å². The van der Waals surface area contributed by atoms with E-state index in [1.54, 1.807) is 0 Å². The number of hydrogen-bond acceptors (Lipinski definition) is 3. The van der Waals surface area contributed by atoms with Crippen molar-refractivity contribution in [2.75, 3.05) is 39.8 Å². The summed E-state index contributed by atoms with van der Waals surface area (Å²) in [6.45, 7) is 8.85. The maximum Gasteiger partial charge on any atom is 0.0237 e. The molecule has 2 N–H and O–H groups in total. The molecule has 1 heterocycles. The summed E-state index contributed by atoms with van der Waals surface area (Å²) in [6.07, 6.45) is 1.07. The lowest BCUT2D eigenvalue weighted by Gasteiger charge is -2.33. The molecule has 106 valence electrons. The first kappa shape index (κ1) is 14.5. The van der Waals surface area contributed by atoms with Gasteiger partial charge in [-0.1, -0.05) is 31.2 Å². The molecule has 1 unspecified atom stereocenters. The van der Waals surface area contributed by atoms with Crippen LogP contribution in [0.3, 0.4) is 0 Å². The number of benzene rings is 1. The zero-order valence-corrected chi connectivity index (χ0v) is 12.3. The molecular formula is C16H27N3. The fraction of sp³-hybridized carbons (Fsp3) is 0.625. The average molecular weight is 261 g/mol. The van der Waals surface area contributed by atoms with Gasteiger partial charge in [0.1, 0.15) is 0 Å². The molecule has 0 amide bonds. The molecule has 1 atom stereocenters. The summed E-state index contributed by atoms with van der Waals surface area (Å²) in [5.41, 5.74) is 8.66. The second-order valence-corrected chi connectivity index (χ2v) is 5.76. The summed E-state index contributed by atoms with van der Waals surface area (Å²) in [5, 5.41) is 0. The Morgan fingerprint density at radius 2 is 1.84 bits per heavy atom. The van der Waals surface area contributed by atoms with Crippen LogP contribution in [0.25, 0.3) is 0 Å². The van der Waals surface area contributed by atoms with Crippen LogP contribution in [-0.4, -0.2) is 49.6 Å². The molecule has 0 spiro atoms. The maximum atomic E-state index is 5.70. The van der Waals surface area contributed by atoms with Gasteiger partial charge in [-0.05, 0) is 37.1 Å². The molecule has 1 fully saturated rings. The van der Waals surface area contributed by atoms with Gasteiger partial charge in [0.25, 0.3) is 0 Å². The Balaban J connectivity index is 2.03. The van der Waals surface area contributed by atoms with Gasteiger partial charge in [0.05, 0.1) is 0 Å². The van der Waals surface area contributed by atoms with Crippen molar-refractivity contribution in [2.45, 2.75) is 25.8 Å². The number of nitrogens with zero attached hydrogens (tertiary/aromatic N) is 2. The molecule has 0 aromatic heterocycles. The van der Waals surface area contributed by atoms with E-state index in [2.05, 4.69) is 48.0 Å². The first-order valence-electron chi connectivity index (χ1n) is 7.39.